The third-order valence-corrected chi connectivity index (χ3v) is 3.92. The maximum absolute atomic E-state index is 11.1. The van der Waals surface area contributed by atoms with E-state index >= 15 is 0 Å². The topological polar surface area (TPSA) is 78.8 Å². The van der Waals surface area contributed by atoms with Gasteiger partial charge in [-0.1, -0.05) is 42.5 Å². The van der Waals surface area contributed by atoms with Gasteiger partial charge in [0.15, 0.2) is 5.60 Å². The van der Waals surface area contributed by atoms with E-state index < -0.39 is 17.7 Å². The highest BCUT2D eigenvalue weighted by atomic mass is 16.5. The minimum absolute atomic E-state index is 0.498. The Hall–Kier alpha value is -2.37. The molecule has 0 aliphatic rings. The number of benzene rings is 2. The molecular weight excluding hydrogens is 318 g/mol. The maximum Gasteiger partial charge on any atom is 0.347 e. The number of hydrogen-bond donors (Lipinski definition) is 3. The van der Waals surface area contributed by atoms with Crippen molar-refractivity contribution in [3.05, 3.63) is 65.7 Å². The first kappa shape index (κ1) is 19.0. The molecule has 0 unspecified atom stereocenters. The second-order valence-corrected chi connectivity index (χ2v) is 6.44. The van der Waals surface area contributed by atoms with E-state index in [4.69, 9.17) is 9.84 Å². The van der Waals surface area contributed by atoms with Gasteiger partial charge in [-0.25, -0.2) is 4.79 Å². The van der Waals surface area contributed by atoms with Crippen LogP contribution in [0.15, 0.2) is 54.6 Å². The lowest BCUT2D eigenvalue weighted by atomic mass is 10.1. The second kappa shape index (κ2) is 8.65. The Morgan fingerprint density at radius 1 is 1.12 bits per heavy atom. The number of aliphatic hydroxyl groups excluding tert-OH is 1. The molecule has 0 fully saturated rings. The van der Waals surface area contributed by atoms with E-state index in [0.717, 1.165) is 24.1 Å². The number of carboxylic acid groups (broad SMARTS) is 1. The van der Waals surface area contributed by atoms with Crippen molar-refractivity contribution >= 4 is 5.97 Å². The van der Waals surface area contributed by atoms with E-state index in [1.165, 1.54) is 13.8 Å². The van der Waals surface area contributed by atoms with Gasteiger partial charge in [0.25, 0.3) is 0 Å². The van der Waals surface area contributed by atoms with Crippen molar-refractivity contribution in [1.82, 2.24) is 5.32 Å². The first-order valence-corrected chi connectivity index (χ1v) is 8.33. The maximum atomic E-state index is 11.1. The van der Waals surface area contributed by atoms with Crippen LogP contribution in [0.3, 0.4) is 0 Å². The van der Waals surface area contributed by atoms with Gasteiger partial charge in [-0.3, -0.25) is 0 Å². The number of ether oxygens (including phenoxy) is 1. The van der Waals surface area contributed by atoms with Crippen LogP contribution in [0.5, 0.6) is 5.75 Å². The first-order valence-electron chi connectivity index (χ1n) is 8.33. The van der Waals surface area contributed by atoms with Gasteiger partial charge in [0.1, 0.15) is 5.75 Å². The smallest absolute Gasteiger partial charge is 0.347 e. The SMILES string of the molecule is CC(C)(Oc1ccc(CCNC[C@H](O)c2ccccc2)cc1)C(=O)O. The van der Waals surface area contributed by atoms with E-state index in [2.05, 4.69) is 5.32 Å². The molecule has 0 bridgehead atoms. The average molecular weight is 343 g/mol. The van der Waals surface area contributed by atoms with E-state index in [9.17, 15) is 9.90 Å². The zero-order valence-corrected chi connectivity index (χ0v) is 14.6. The van der Waals surface area contributed by atoms with Crippen molar-refractivity contribution in [3.63, 3.8) is 0 Å². The van der Waals surface area contributed by atoms with Crippen molar-refractivity contribution < 1.29 is 19.7 Å². The molecule has 0 aromatic heterocycles. The lowest BCUT2D eigenvalue weighted by Gasteiger charge is -2.21. The summed E-state index contributed by atoms with van der Waals surface area (Å²) in [6.07, 6.45) is 0.291. The van der Waals surface area contributed by atoms with E-state index in [-0.39, 0.29) is 0 Å². The first-order chi connectivity index (χ1) is 11.9. The molecule has 134 valence electrons. The van der Waals surface area contributed by atoms with Gasteiger partial charge in [-0.15, -0.1) is 0 Å². The minimum atomic E-state index is -1.25. The molecule has 2 aromatic carbocycles. The van der Waals surface area contributed by atoms with Crippen LogP contribution >= 0.6 is 0 Å². The van der Waals surface area contributed by atoms with Gasteiger partial charge in [-0.2, -0.15) is 0 Å². The van der Waals surface area contributed by atoms with Crippen LogP contribution < -0.4 is 10.1 Å². The van der Waals surface area contributed by atoms with Gasteiger partial charge in [0.2, 0.25) is 0 Å². The van der Waals surface area contributed by atoms with Crippen molar-refractivity contribution in [2.24, 2.45) is 0 Å². The van der Waals surface area contributed by atoms with Crippen molar-refractivity contribution in [1.29, 1.82) is 0 Å². The van der Waals surface area contributed by atoms with Gasteiger partial charge in [0, 0.05) is 6.54 Å². The van der Waals surface area contributed by atoms with Gasteiger partial charge in [0.05, 0.1) is 6.10 Å². The molecule has 0 saturated heterocycles. The third kappa shape index (κ3) is 5.89. The number of carboxylic acids is 1. The van der Waals surface area contributed by atoms with Crippen molar-refractivity contribution in [3.8, 4) is 5.75 Å². The Labute approximate surface area is 148 Å². The summed E-state index contributed by atoms with van der Waals surface area (Å²) in [5.74, 6) is -0.471. The summed E-state index contributed by atoms with van der Waals surface area (Å²) < 4.78 is 5.48. The lowest BCUT2D eigenvalue weighted by molar-refractivity contribution is -0.152. The van der Waals surface area contributed by atoms with Crippen molar-refractivity contribution in [2.45, 2.75) is 32.0 Å². The van der Waals surface area contributed by atoms with Gasteiger partial charge < -0.3 is 20.3 Å². The molecular formula is C20H25NO4. The molecule has 0 radical (unpaired) electrons. The molecule has 2 rings (SSSR count). The molecule has 1 atom stereocenters. The zero-order valence-electron chi connectivity index (χ0n) is 14.6. The van der Waals surface area contributed by atoms with Crippen LogP contribution in [0.25, 0.3) is 0 Å². The Bertz CT molecular complexity index is 668. The molecule has 3 N–H and O–H groups in total. The number of aliphatic hydroxyl groups is 1. The molecule has 0 aliphatic carbocycles. The van der Waals surface area contributed by atoms with E-state index in [1.54, 1.807) is 12.1 Å². The Kier molecular flexibility index (Phi) is 6.56. The summed E-state index contributed by atoms with van der Waals surface area (Å²) in [4.78, 5) is 11.1. The summed E-state index contributed by atoms with van der Waals surface area (Å²) >= 11 is 0. The summed E-state index contributed by atoms with van der Waals surface area (Å²) in [6.45, 7) is 4.28. The van der Waals surface area contributed by atoms with Gasteiger partial charge >= 0.3 is 5.97 Å². The van der Waals surface area contributed by atoms with Crippen LogP contribution in [-0.2, 0) is 11.2 Å². The number of carbonyl (C=O) groups is 1. The summed E-state index contributed by atoms with van der Waals surface area (Å²) in [5.41, 5.74) is 0.760. The second-order valence-electron chi connectivity index (χ2n) is 6.44. The fraction of sp³-hybridized carbons (Fsp3) is 0.350. The summed E-state index contributed by atoms with van der Waals surface area (Å²) in [6, 6.07) is 17.0. The quantitative estimate of drug-likeness (QED) is 0.610. The highest BCUT2D eigenvalue weighted by Gasteiger charge is 2.29. The predicted octanol–water partition coefficient (Wildman–Crippen LogP) is 2.79. The predicted molar refractivity (Wildman–Crippen MR) is 96.8 cm³/mol. The lowest BCUT2D eigenvalue weighted by Crippen LogP contribution is -2.37. The Morgan fingerprint density at radius 2 is 1.76 bits per heavy atom. The zero-order chi connectivity index (χ0) is 18.3. The highest BCUT2D eigenvalue weighted by molar-refractivity contribution is 5.76. The number of aliphatic carboxylic acids is 1. The molecule has 0 saturated carbocycles. The molecule has 0 aliphatic heterocycles. The molecule has 25 heavy (non-hydrogen) atoms. The van der Waals surface area contributed by atoms with E-state index in [0.29, 0.717) is 12.3 Å². The van der Waals surface area contributed by atoms with Gasteiger partial charge in [-0.05, 0) is 50.1 Å². The normalized spacial score (nSPS) is 12.6. The monoisotopic (exact) mass is 343 g/mol. The third-order valence-electron chi connectivity index (χ3n) is 3.92. The number of nitrogens with one attached hydrogen (secondary N) is 1. The van der Waals surface area contributed by atoms with Crippen LogP contribution in [-0.4, -0.2) is 34.9 Å². The molecule has 0 heterocycles. The molecule has 5 nitrogen and oxygen atoms in total. The van der Waals surface area contributed by atoms with Crippen molar-refractivity contribution in [2.75, 3.05) is 13.1 Å². The Balaban J connectivity index is 1.75. The molecule has 5 heteroatoms. The highest BCUT2D eigenvalue weighted by Crippen LogP contribution is 2.19. The fourth-order valence-corrected chi connectivity index (χ4v) is 2.33. The number of rotatable bonds is 9. The van der Waals surface area contributed by atoms with Crippen LogP contribution in [0.4, 0.5) is 0 Å². The largest absolute Gasteiger partial charge is 0.478 e. The molecule has 0 amide bonds. The fourth-order valence-electron chi connectivity index (χ4n) is 2.33. The average Bonchev–Trinajstić information content (AvgIpc) is 2.60. The summed E-state index contributed by atoms with van der Waals surface area (Å²) in [5, 5.41) is 22.4. The number of hydrogen-bond acceptors (Lipinski definition) is 4. The minimum Gasteiger partial charge on any atom is -0.478 e. The molecule has 0 spiro atoms. The molecule has 2 aromatic rings. The standard InChI is InChI=1S/C20H25NO4/c1-20(2,19(23)24)25-17-10-8-15(9-11-17)12-13-21-14-18(22)16-6-4-3-5-7-16/h3-11,18,21-22H,12-14H2,1-2H3,(H,23,24)/t18-/m0/s1. The van der Waals surface area contributed by atoms with Crippen LogP contribution in [0.1, 0.15) is 31.1 Å². The van der Waals surface area contributed by atoms with Crippen LogP contribution in [0.2, 0.25) is 0 Å². The Morgan fingerprint density at radius 3 is 2.36 bits per heavy atom. The van der Waals surface area contributed by atoms with E-state index in [1.807, 2.05) is 42.5 Å². The van der Waals surface area contributed by atoms with Crippen LogP contribution in [0, 0.1) is 0 Å². The summed E-state index contributed by atoms with van der Waals surface area (Å²) in [7, 11) is 0.